The Morgan fingerprint density at radius 1 is 1.10 bits per heavy atom. The topological polar surface area (TPSA) is 75.8 Å². The standard InChI is InChI=1S/C26H23F6N5O2/c1-15-20(10-16-4-2-3-5-21(16)39-23(28)29)37-14-18(19(27)11-22(37)35-15)17-12-33-24(34-13-17)36-8-6-25(38,7-9-36)26(30,31)32/h2-5,11-14,23,38H,6-10H2,1H3. The molecular weight excluding hydrogens is 528 g/mol. The first kappa shape index (κ1) is 26.7. The van der Waals surface area contributed by atoms with E-state index in [0.717, 1.165) is 0 Å². The molecule has 39 heavy (non-hydrogen) atoms. The van der Waals surface area contributed by atoms with Crippen molar-refractivity contribution in [2.45, 2.75) is 44.6 Å². The number of piperidine rings is 1. The quantitative estimate of drug-likeness (QED) is 0.327. The fourth-order valence-electron chi connectivity index (χ4n) is 4.68. The number of nitrogens with zero attached hydrogens (tertiary/aromatic N) is 5. The number of benzene rings is 1. The van der Waals surface area contributed by atoms with Crippen LogP contribution < -0.4 is 9.64 Å². The molecule has 4 heterocycles. The van der Waals surface area contributed by atoms with Crippen LogP contribution in [0.25, 0.3) is 16.8 Å². The van der Waals surface area contributed by atoms with E-state index >= 15 is 4.39 Å². The molecule has 1 N–H and O–H groups in total. The van der Waals surface area contributed by atoms with Crippen molar-refractivity contribution in [1.29, 1.82) is 0 Å². The number of halogens is 6. The van der Waals surface area contributed by atoms with Gasteiger partial charge in [-0.25, -0.2) is 19.3 Å². The molecule has 1 aliphatic rings. The number of alkyl halides is 5. The highest BCUT2D eigenvalue weighted by Gasteiger charge is 2.54. The number of rotatable bonds is 6. The van der Waals surface area contributed by atoms with Crippen LogP contribution in [0.1, 0.15) is 29.8 Å². The molecule has 0 aliphatic carbocycles. The van der Waals surface area contributed by atoms with E-state index in [1.165, 1.54) is 35.6 Å². The molecular formula is C26H23F6N5O2. The zero-order valence-corrected chi connectivity index (χ0v) is 20.6. The van der Waals surface area contributed by atoms with Crippen molar-refractivity contribution in [2.24, 2.45) is 0 Å². The number of para-hydroxylation sites is 1. The van der Waals surface area contributed by atoms with Gasteiger partial charge in [0.15, 0.2) is 5.60 Å². The van der Waals surface area contributed by atoms with E-state index in [1.54, 1.807) is 29.5 Å². The van der Waals surface area contributed by atoms with Crippen molar-refractivity contribution in [3.8, 4) is 16.9 Å². The van der Waals surface area contributed by atoms with Crippen molar-refractivity contribution in [3.05, 3.63) is 71.7 Å². The van der Waals surface area contributed by atoms with Crippen LogP contribution in [0.4, 0.5) is 32.3 Å². The van der Waals surface area contributed by atoms with Gasteiger partial charge in [-0.15, -0.1) is 0 Å². The molecule has 3 aromatic heterocycles. The highest BCUT2D eigenvalue weighted by molar-refractivity contribution is 5.65. The maximum absolute atomic E-state index is 15.1. The molecule has 1 aliphatic heterocycles. The van der Waals surface area contributed by atoms with Crippen molar-refractivity contribution in [2.75, 3.05) is 18.0 Å². The van der Waals surface area contributed by atoms with Crippen LogP contribution in [-0.2, 0) is 6.42 Å². The summed E-state index contributed by atoms with van der Waals surface area (Å²) in [6.07, 6.45) is -1.31. The first-order valence-corrected chi connectivity index (χ1v) is 12.0. The highest BCUT2D eigenvalue weighted by atomic mass is 19.4. The van der Waals surface area contributed by atoms with E-state index in [9.17, 15) is 27.1 Å². The maximum atomic E-state index is 15.1. The molecule has 0 unspecified atom stereocenters. The minimum absolute atomic E-state index is 0.0274. The maximum Gasteiger partial charge on any atom is 0.417 e. The number of pyridine rings is 1. The third-order valence-corrected chi connectivity index (χ3v) is 6.91. The molecule has 13 heteroatoms. The summed E-state index contributed by atoms with van der Waals surface area (Å²) in [5, 5.41) is 9.87. The second kappa shape index (κ2) is 10.0. The third-order valence-electron chi connectivity index (χ3n) is 6.91. The van der Waals surface area contributed by atoms with Crippen LogP contribution in [-0.4, -0.2) is 55.9 Å². The molecule has 0 saturated carbocycles. The van der Waals surface area contributed by atoms with Crippen LogP contribution >= 0.6 is 0 Å². The number of hydrogen-bond donors (Lipinski definition) is 1. The zero-order valence-electron chi connectivity index (χ0n) is 20.6. The molecule has 0 amide bonds. The molecule has 1 fully saturated rings. The Morgan fingerprint density at radius 3 is 2.41 bits per heavy atom. The molecule has 0 bridgehead atoms. The van der Waals surface area contributed by atoms with Gasteiger partial charge >= 0.3 is 12.8 Å². The van der Waals surface area contributed by atoms with Crippen molar-refractivity contribution in [1.82, 2.24) is 19.4 Å². The average Bonchev–Trinajstić information content (AvgIpc) is 3.18. The second-order valence-corrected chi connectivity index (χ2v) is 9.36. The van der Waals surface area contributed by atoms with Gasteiger partial charge in [0, 0.05) is 79.4 Å². The number of fused-ring (bicyclic) bond motifs is 1. The lowest BCUT2D eigenvalue weighted by Crippen LogP contribution is -2.53. The largest absolute Gasteiger partial charge is 0.435 e. The summed E-state index contributed by atoms with van der Waals surface area (Å²) in [5.74, 6) is -0.399. The smallest absolute Gasteiger partial charge is 0.417 e. The molecule has 0 radical (unpaired) electrons. The fraction of sp³-hybridized carbons (Fsp3) is 0.346. The van der Waals surface area contributed by atoms with Gasteiger partial charge in [0.1, 0.15) is 17.2 Å². The predicted octanol–water partition coefficient (Wildman–Crippen LogP) is 5.32. The third kappa shape index (κ3) is 5.22. The van der Waals surface area contributed by atoms with E-state index in [1.807, 2.05) is 0 Å². The van der Waals surface area contributed by atoms with E-state index in [4.69, 9.17) is 0 Å². The highest BCUT2D eigenvalue weighted by Crippen LogP contribution is 2.39. The van der Waals surface area contributed by atoms with Crippen molar-refractivity contribution >= 4 is 11.6 Å². The number of imidazole rings is 1. The molecule has 4 aromatic rings. The Bertz CT molecular complexity index is 1480. The summed E-state index contributed by atoms with van der Waals surface area (Å²) in [7, 11) is 0. The lowest BCUT2D eigenvalue weighted by molar-refractivity contribution is -0.266. The van der Waals surface area contributed by atoms with E-state index in [0.29, 0.717) is 28.2 Å². The van der Waals surface area contributed by atoms with Crippen LogP contribution in [0.2, 0.25) is 0 Å². The van der Waals surface area contributed by atoms with Crippen LogP contribution in [0.15, 0.2) is 48.9 Å². The summed E-state index contributed by atoms with van der Waals surface area (Å²) in [6, 6.07) is 7.62. The minimum atomic E-state index is -4.72. The lowest BCUT2D eigenvalue weighted by Gasteiger charge is -2.39. The Labute approximate surface area is 218 Å². The number of ether oxygens (including phenoxy) is 1. The molecule has 1 saturated heterocycles. The first-order chi connectivity index (χ1) is 18.4. The van der Waals surface area contributed by atoms with Gasteiger partial charge in [-0.1, -0.05) is 18.2 Å². The van der Waals surface area contributed by atoms with E-state index in [2.05, 4.69) is 19.7 Å². The summed E-state index contributed by atoms with van der Waals surface area (Å²) in [5.41, 5.74) is -0.238. The minimum Gasteiger partial charge on any atom is -0.435 e. The Hall–Kier alpha value is -3.87. The molecule has 7 nitrogen and oxygen atoms in total. The summed E-state index contributed by atoms with van der Waals surface area (Å²) in [4.78, 5) is 14.4. The van der Waals surface area contributed by atoms with Gasteiger partial charge in [-0.05, 0) is 13.0 Å². The normalized spacial score (nSPS) is 15.8. The molecule has 206 valence electrons. The number of aromatic nitrogens is 4. The van der Waals surface area contributed by atoms with Crippen molar-refractivity contribution < 1.29 is 36.2 Å². The second-order valence-electron chi connectivity index (χ2n) is 9.36. The van der Waals surface area contributed by atoms with Gasteiger partial charge in [-0.2, -0.15) is 22.0 Å². The lowest BCUT2D eigenvalue weighted by atomic mass is 9.91. The Morgan fingerprint density at radius 2 is 1.77 bits per heavy atom. The molecule has 5 rings (SSSR count). The summed E-state index contributed by atoms with van der Waals surface area (Å²) < 4.78 is 86.4. The number of hydrogen-bond acceptors (Lipinski definition) is 6. The van der Waals surface area contributed by atoms with Gasteiger partial charge in [-0.3, -0.25) is 0 Å². The summed E-state index contributed by atoms with van der Waals surface area (Å²) >= 11 is 0. The zero-order chi connectivity index (χ0) is 27.9. The van der Waals surface area contributed by atoms with Crippen molar-refractivity contribution in [3.63, 3.8) is 0 Å². The monoisotopic (exact) mass is 551 g/mol. The Kier molecular flexibility index (Phi) is 6.87. The van der Waals surface area contributed by atoms with Gasteiger partial charge in [0.2, 0.25) is 5.95 Å². The fourth-order valence-corrected chi connectivity index (χ4v) is 4.68. The molecule has 0 spiro atoms. The number of aryl methyl sites for hydroxylation is 1. The van der Waals surface area contributed by atoms with Gasteiger partial charge in [0.05, 0.1) is 5.69 Å². The number of anilines is 1. The van der Waals surface area contributed by atoms with Crippen LogP contribution in [0, 0.1) is 12.7 Å². The summed E-state index contributed by atoms with van der Waals surface area (Å²) in [6.45, 7) is -1.44. The molecule has 0 atom stereocenters. The SMILES string of the molecule is Cc1nc2cc(F)c(-c3cnc(N4CCC(O)(C(F)(F)F)CC4)nc3)cn2c1Cc1ccccc1OC(F)F. The first-order valence-electron chi connectivity index (χ1n) is 12.0. The van der Waals surface area contributed by atoms with Crippen LogP contribution in [0.3, 0.4) is 0 Å². The predicted molar refractivity (Wildman–Crippen MR) is 129 cm³/mol. The van der Waals surface area contributed by atoms with Crippen LogP contribution in [0.5, 0.6) is 5.75 Å². The van der Waals surface area contributed by atoms with E-state index in [-0.39, 0.29) is 36.8 Å². The average molecular weight is 551 g/mol. The van der Waals surface area contributed by atoms with Gasteiger partial charge in [0.25, 0.3) is 0 Å². The van der Waals surface area contributed by atoms with Gasteiger partial charge < -0.3 is 19.1 Å². The molecule has 1 aromatic carbocycles. The van der Waals surface area contributed by atoms with E-state index < -0.39 is 37.0 Å². The number of aliphatic hydroxyl groups is 1. The Balaban J connectivity index is 1.42.